The minimum atomic E-state index is -0.0524. The van der Waals surface area contributed by atoms with E-state index in [1.54, 1.807) is 17.0 Å². The first-order valence-corrected chi connectivity index (χ1v) is 5.44. The molecule has 1 aliphatic heterocycles. The molecular weight excluding hydrogens is 204 g/mol. The topological polar surface area (TPSA) is 59.5 Å². The quantitative estimate of drug-likeness (QED) is 0.769. The van der Waals surface area contributed by atoms with Gasteiger partial charge in [0.2, 0.25) is 0 Å². The summed E-state index contributed by atoms with van der Waals surface area (Å²) in [5.41, 5.74) is 6.77. The number of hydrogen-bond acceptors (Lipinski definition) is 3. The van der Waals surface area contributed by atoms with Crippen molar-refractivity contribution in [3.63, 3.8) is 0 Å². The van der Waals surface area contributed by atoms with Crippen LogP contribution >= 0.6 is 0 Å². The van der Waals surface area contributed by atoms with Gasteiger partial charge in [0.25, 0.3) is 5.91 Å². The molecule has 0 saturated heterocycles. The maximum Gasteiger partial charge on any atom is 0.289 e. The van der Waals surface area contributed by atoms with E-state index < -0.39 is 0 Å². The second-order valence-corrected chi connectivity index (χ2v) is 4.02. The SMILES string of the molecule is CC1=CCN(C(=O)c2ccc(CN)o2)CC1. The van der Waals surface area contributed by atoms with E-state index in [4.69, 9.17) is 10.2 Å². The average molecular weight is 220 g/mol. The lowest BCUT2D eigenvalue weighted by Gasteiger charge is -2.24. The van der Waals surface area contributed by atoms with Crippen LogP contribution in [0.3, 0.4) is 0 Å². The van der Waals surface area contributed by atoms with Crippen molar-refractivity contribution in [3.8, 4) is 0 Å². The third-order valence-corrected chi connectivity index (χ3v) is 2.80. The van der Waals surface area contributed by atoms with Crippen molar-refractivity contribution >= 4 is 5.91 Å². The molecule has 1 aromatic heterocycles. The van der Waals surface area contributed by atoms with Crippen LogP contribution in [0.15, 0.2) is 28.2 Å². The third-order valence-electron chi connectivity index (χ3n) is 2.80. The van der Waals surface area contributed by atoms with Crippen molar-refractivity contribution in [1.82, 2.24) is 4.90 Å². The Labute approximate surface area is 94.7 Å². The predicted molar refractivity (Wildman–Crippen MR) is 60.9 cm³/mol. The molecule has 0 unspecified atom stereocenters. The van der Waals surface area contributed by atoms with Gasteiger partial charge >= 0.3 is 0 Å². The first-order valence-electron chi connectivity index (χ1n) is 5.44. The molecule has 0 aromatic carbocycles. The molecule has 86 valence electrons. The van der Waals surface area contributed by atoms with Gasteiger partial charge in [0, 0.05) is 13.1 Å². The van der Waals surface area contributed by atoms with Gasteiger partial charge in [-0.05, 0) is 25.5 Å². The lowest BCUT2D eigenvalue weighted by atomic mass is 10.1. The first kappa shape index (κ1) is 11.0. The molecule has 0 aliphatic carbocycles. The van der Waals surface area contributed by atoms with E-state index in [2.05, 4.69) is 13.0 Å². The van der Waals surface area contributed by atoms with Gasteiger partial charge in [-0.3, -0.25) is 4.79 Å². The third kappa shape index (κ3) is 2.17. The van der Waals surface area contributed by atoms with Gasteiger partial charge in [-0.2, -0.15) is 0 Å². The molecular formula is C12H16N2O2. The smallest absolute Gasteiger partial charge is 0.289 e. The van der Waals surface area contributed by atoms with Crippen molar-refractivity contribution in [2.45, 2.75) is 19.9 Å². The minimum absolute atomic E-state index is 0.0524. The fourth-order valence-electron chi connectivity index (χ4n) is 1.71. The number of carbonyl (C=O) groups is 1. The van der Waals surface area contributed by atoms with Crippen molar-refractivity contribution in [3.05, 3.63) is 35.3 Å². The zero-order valence-corrected chi connectivity index (χ0v) is 9.40. The summed E-state index contributed by atoms with van der Waals surface area (Å²) in [5.74, 6) is 0.976. The molecule has 2 N–H and O–H groups in total. The molecule has 2 rings (SSSR count). The van der Waals surface area contributed by atoms with E-state index in [0.717, 1.165) is 13.0 Å². The maximum atomic E-state index is 12.0. The van der Waals surface area contributed by atoms with Crippen molar-refractivity contribution < 1.29 is 9.21 Å². The van der Waals surface area contributed by atoms with Gasteiger partial charge in [-0.15, -0.1) is 0 Å². The lowest BCUT2D eigenvalue weighted by molar-refractivity contribution is 0.0735. The van der Waals surface area contributed by atoms with Crippen LogP contribution in [0, 0.1) is 0 Å². The summed E-state index contributed by atoms with van der Waals surface area (Å²) in [6, 6.07) is 3.44. The minimum Gasteiger partial charge on any atom is -0.455 e. The number of carbonyl (C=O) groups excluding carboxylic acids is 1. The molecule has 2 heterocycles. The van der Waals surface area contributed by atoms with Gasteiger partial charge in [-0.25, -0.2) is 0 Å². The number of nitrogens with two attached hydrogens (primary N) is 1. The number of amides is 1. The Morgan fingerprint density at radius 3 is 2.94 bits per heavy atom. The van der Waals surface area contributed by atoms with Crippen LogP contribution in [0.25, 0.3) is 0 Å². The molecule has 4 nitrogen and oxygen atoms in total. The molecule has 0 atom stereocenters. The van der Waals surface area contributed by atoms with E-state index in [1.807, 2.05) is 0 Å². The molecule has 1 amide bonds. The van der Waals surface area contributed by atoms with E-state index in [1.165, 1.54) is 5.57 Å². The maximum absolute atomic E-state index is 12.0. The molecule has 1 aromatic rings. The van der Waals surface area contributed by atoms with Gasteiger partial charge in [0.05, 0.1) is 6.54 Å². The molecule has 0 radical (unpaired) electrons. The fraction of sp³-hybridized carbons (Fsp3) is 0.417. The molecule has 0 spiro atoms. The monoisotopic (exact) mass is 220 g/mol. The molecule has 0 bridgehead atoms. The Hall–Kier alpha value is -1.55. The van der Waals surface area contributed by atoms with Crippen LogP contribution in [-0.4, -0.2) is 23.9 Å². The Bertz CT molecular complexity index is 420. The van der Waals surface area contributed by atoms with Gasteiger partial charge in [0.1, 0.15) is 5.76 Å². The number of furan rings is 1. The summed E-state index contributed by atoms with van der Waals surface area (Å²) in [6.45, 7) is 3.84. The Morgan fingerprint density at radius 2 is 2.38 bits per heavy atom. The number of rotatable bonds is 2. The molecule has 16 heavy (non-hydrogen) atoms. The summed E-state index contributed by atoms with van der Waals surface area (Å²) in [7, 11) is 0. The van der Waals surface area contributed by atoms with E-state index in [-0.39, 0.29) is 5.91 Å². The summed E-state index contributed by atoms with van der Waals surface area (Å²) >= 11 is 0. The van der Waals surface area contributed by atoms with Crippen LogP contribution in [0.2, 0.25) is 0 Å². The van der Waals surface area contributed by atoms with E-state index >= 15 is 0 Å². The molecule has 4 heteroatoms. The highest BCUT2D eigenvalue weighted by Gasteiger charge is 2.20. The van der Waals surface area contributed by atoms with E-state index in [9.17, 15) is 4.79 Å². The van der Waals surface area contributed by atoms with Gasteiger partial charge in [-0.1, -0.05) is 11.6 Å². The van der Waals surface area contributed by atoms with Gasteiger partial charge in [0.15, 0.2) is 5.76 Å². The zero-order chi connectivity index (χ0) is 11.5. The lowest BCUT2D eigenvalue weighted by Crippen LogP contribution is -2.34. The predicted octanol–water partition coefficient (Wildman–Crippen LogP) is 1.53. The van der Waals surface area contributed by atoms with Crippen LogP contribution < -0.4 is 5.73 Å². The normalized spacial score (nSPS) is 16.1. The Morgan fingerprint density at radius 1 is 1.56 bits per heavy atom. The van der Waals surface area contributed by atoms with Crippen molar-refractivity contribution in [2.75, 3.05) is 13.1 Å². The zero-order valence-electron chi connectivity index (χ0n) is 9.40. The van der Waals surface area contributed by atoms with Gasteiger partial charge < -0.3 is 15.1 Å². The Kier molecular flexibility index (Phi) is 3.10. The summed E-state index contributed by atoms with van der Waals surface area (Å²) < 4.78 is 5.34. The summed E-state index contributed by atoms with van der Waals surface area (Å²) in [6.07, 6.45) is 3.02. The average Bonchev–Trinajstić information content (AvgIpc) is 2.77. The summed E-state index contributed by atoms with van der Waals surface area (Å²) in [5, 5.41) is 0. The van der Waals surface area contributed by atoms with E-state index in [0.29, 0.717) is 24.6 Å². The number of hydrogen-bond donors (Lipinski definition) is 1. The summed E-state index contributed by atoms with van der Waals surface area (Å²) in [4.78, 5) is 13.8. The van der Waals surface area contributed by atoms with Crippen molar-refractivity contribution in [2.24, 2.45) is 5.73 Å². The second kappa shape index (κ2) is 4.53. The highest BCUT2D eigenvalue weighted by molar-refractivity contribution is 5.91. The standard InChI is InChI=1S/C12H16N2O2/c1-9-4-6-14(7-5-9)12(15)11-3-2-10(8-13)16-11/h2-4H,5-8,13H2,1H3. The van der Waals surface area contributed by atoms with Crippen molar-refractivity contribution in [1.29, 1.82) is 0 Å². The molecule has 0 fully saturated rings. The highest BCUT2D eigenvalue weighted by Crippen LogP contribution is 2.15. The Balaban J connectivity index is 2.08. The van der Waals surface area contributed by atoms with Crippen LogP contribution in [0.1, 0.15) is 29.7 Å². The number of nitrogens with zero attached hydrogens (tertiary/aromatic N) is 1. The molecule has 0 saturated carbocycles. The fourth-order valence-corrected chi connectivity index (χ4v) is 1.71. The molecule has 1 aliphatic rings. The van der Waals surface area contributed by atoms with Crippen LogP contribution in [0.5, 0.6) is 0 Å². The second-order valence-electron chi connectivity index (χ2n) is 4.02. The largest absolute Gasteiger partial charge is 0.455 e. The highest BCUT2D eigenvalue weighted by atomic mass is 16.4. The van der Waals surface area contributed by atoms with Crippen LogP contribution in [0.4, 0.5) is 0 Å². The van der Waals surface area contributed by atoms with Crippen LogP contribution in [-0.2, 0) is 6.54 Å². The first-order chi connectivity index (χ1) is 7.70.